The van der Waals surface area contributed by atoms with Crippen molar-refractivity contribution in [3.05, 3.63) is 59.2 Å². The highest BCUT2D eigenvalue weighted by molar-refractivity contribution is 5.84. The Labute approximate surface area is 144 Å². The molecule has 0 aliphatic heterocycles. The summed E-state index contributed by atoms with van der Waals surface area (Å²) in [5.74, 6) is 0.846. The first-order valence-electron chi connectivity index (χ1n) is 8.24. The van der Waals surface area contributed by atoms with Crippen molar-refractivity contribution in [2.24, 2.45) is 0 Å². The smallest absolute Gasteiger partial charge is 0.242 e. The molecule has 0 bridgehead atoms. The second-order valence-electron chi connectivity index (χ2n) is 6.07. The van der Waals surface area contributed by atoms with Gasteiger partial charge >= 0.3 is 0 Å². The molecule has 0 aromatic heterocycles. The molecular weight excluding hydrogens is 300 g/mol. The fourth-order valence-corrected chi connectivity index (χ4v) is 2.47. The van der Waals surface area contributed by atoms with Crippen LogP contribution < -0.4 is 15.4 Å². The Kier molecular flexibility index (Phi) is 6.24. The highest BCUT2D eigenvalue weighted by Gasteiger charge is 2.13. The van der Waals surface area contributed by atoms with Gasteiger partial charge in [-0.2, -0.15) is 0 Å². The third-order valence-electron chi connectivity index (χ3n) is 4.03. The number of hydrogen-bond acceptors (Lipinski definition) is 3. The molecule has 0 spiro atoms. The lowest BCUT2D eigenvalue weighted by atomic mass is 10.1. The summed E-state index contributed by atoms with van der Waals surface area (Å²) in [6.45, 7) is 6.58. The molecule has 2 rings (SSSR count). The molecule has 1 amide bonds. The lowest BCUT2D eigenvalue weighted by Gasteiger charge is -2.17. The van der Waals surface area contributed by atoms with Crippen LogP contribution in [0, 0.1) is 13.8 Å². The van der Waals surface area contributed by atoms with Crippen LogP contribution in [0.4, 0.5) is 5.69 Å². The first-order chi connectivity index (χ1) is 11.5. The number of rotatable bonds is 7. The lowest BCUT2D eigenvalue weighted by molar-refractivity contribution is -0.121. The van der Waals surface area contributed by atoms with E-state index in [4.69, 9.17) is 4.74 Å². The SMILES string of the molecule is COc1ccc(CCNC(=O)[C@H](C)Nc2cc(C)ccc2C)cc1. The van der Waals surface area contributed by atoms with Crippen molar-refractivity contribution in [1.82, 2.24) is 5.32 Å². The number of anilines is 1. The average molecular weight is 326 g/mol. The summed E-state index contributed by atoms with van der Waals surface area (Å²) in [5, 5.41) is 6.27. The van der Waals surface area contributed by atoms with E-state index in [0.717, 1.165) is 23.4 Å². The van der Waals surface area contributed by atoms with Gasteiger partial charge in [0.25, 0.3) is 0 Å². The van der Waals surface area contributed by atoms with Crippen LogP contribution in [0.25, 0.3) is 0 Å². The summed E-state index contributed by atoms with van der Waals surface area (Å²) in [6.07, 6.45) is 0.798. The van der Waals surface area contributed by atoms with Gasteiger partial charge in [0.2, 0.25) is 5.91 Å². The number of hydrogen-bond donors (Lipinski definition) is 2. The largest absolute Gasteiger partial charge is 0.497 e. The number of benzene rings is 2. The van der Waals surface area contributed by atoms with Gasteiger partial charge in [0.15, 0.2) is 0 Å². The van der Waals surface area contributed by atoms with Gasteiger partial charge < -0.3 is 15.4 Å². The monoisotopic (exact) mass is 326 g/mol. The van der Waals surface area contributed by atoms with Crippen molar-refractivity contribution < 1.29 is 9.53 Å². The quantitative estimate of drug-likeness (QED) is 0.819. The number of methoxy groups -OCH3 is 1. The van der Waals surface area contributed by atoms with Crippen molar-refractivity contribution in [3.8, 4) is 5.75 Å². The Morgan fingerprint density at radius 1 is 1.12 bits per heavy atom. The predicted octanol–water partition coefficient (Wildman–Crippen LogP) is 3.47. The predicted molar refractivity (Wildman–Crippen MR) is 98.7 cm³/mol. The molecule has 2 aromatic carbocycles. The third kappa shape index (κ3) is 5.01. The molecule has 2 aromatic rings. The molecule has 0 heterocycles. The standard InChI is InChI=1S/C20H26N2O2/c1-14-5-6-15(2)19(13-14)22-16(3)20(23)21-12-11-17-7-9-18(24-4)10-8-17/h5-10,13,16,22H,11-12H2,1-4H3,(H,21,23)/t16-/m0/s1. The van der Waals surface area contributed by atoms with Crippen LogP contribution in [0.3, 0.4) is 0 Å². The molecule has 0 aliphatic carbocycles. The van der Waals surface area contributed by atoms with E-state index < -0.39 is 0 Å². The van der Waals surface area contributed by atoms with Gasteiger partial charge in [-0.1, -0.05) is 24.3 Å². The van der Waals surface area contributed by atoms with Crippen LogP contribution in [0.15, 0.2) is 42.5 Å². The minimum absolute atomic E-state index is 0.00409. The van der Waals surface area contributed by atoms with E-state index in [1.807, 2.05) is 45.0 Å². The highest BCUT2D eigenvalue weighted by Crippen LogP contribution is 2.17. The first kappa shape index (κ1) is 17.9. The summed E-state index contributed by atoms with van der Waals surface area (Å²) < 4.78 is 5.14. The normalized spacial score (nSPS) is 11.7. The van der Waals surface area contributed by atoms with Crippen molar-refractivity contribution in [2.45, 2.75) is 33.2 Å². The van der Waals surface area contributed by atoms with E-state index in [2.05, 4.69) is 28.8 Å². The van der Waals surface area contributed by atoms with E-state index in [0.29, 0.717) is 6.54 Å². The average Bonchev–Trinajstić information content (AvgIpc) is 2.58. The van der Waals surface area contributed by atoms with E-state index in [1.165, 1.54) is 11.1 Å². The molecule has 0 fully saturated rings. The van der Waals surface area contributed by atoms with Crippen molar-refractivity contribution in [3.63, 3.8) is 0 Å². The Hall–Kier alpha value is -2.49. The molecule has 1 atom stereocenters. The molecule has 24 heavy (non-hydrogen) atoms. The van der Waals surface area contributed by atoms with Crippen molar-refractivity contribution in [2.75, 3.05) is 19.0 Å². The zero-order valence-electron chi connectivity index (χ0n) is 14.8. The Morgan fingerprint density at radius 2 is 1.83 bits per heavy atom. The van der Waals surface area contributed by atoms with Crippen LogP contribution in [0.5, 0.6) is 5.75 Å². The maximum atomic E-state index is 12.2. The number of amides is 1. The fourth-order valence-electron chi connectivity index (χ4n) is 2.47. The van der Waals surface area contributed by atoms with E-state index >= 15 is 0 Å². The lowest BCUT2D eigenvalue weighted by Crippen LogP contribution is -2.38. The zero-order chi connectivity index (χ0) is 17.5. The minimum Gasteiger partial charge on any atom is -0.497 e. The van der Waals surface area contributed by atoms with Crippen LogP contribution in [0.1, 0.15) is 23.6 Å². The summed E-state index contributed by atoms with van der Waals surface area (Å²) in [6, 6.07) is 13.8. The summed E-state index contributed by atoms with van der Waals surface area (Å²) in [7, 11) is 1.65. The number of carbonyl (C=O) groups is 1. The van der Waals surface area contributed by atoms with Crippen molar-refractivity contribution in [1.29, 1.82) is 0 Å². The van der Waals surface area contributed by atoms with Gasteiger partial charge in [-0.05, 0) is 62.1 Å². The second kappa shape index (κ2) is 8.39. The molecule has 0 unspecified atom stereocenters. The maximum absolute atomic E-state index is 12.2. The summed E-state index contributed by atoms with van der Waals surface area (Å²) in [5.41, 5.74) is 4.49. The number of aryl methyl sites for hydroxylation is 2. The van der Waals surface area contributed by atoms with Gasteiger partial charge in [0, 0.05) is 12.2 Å². The topological polar surface area (TPSA) is 50.4 Å². The van der Waals surface area contributed by atoms with Gasteiger partial charge in [0.05, 0.1) is 7.11 Å². The Bertz CT molecular complexity index is 681. The van der Waals surface area contributed by atoms with Crippen molar-refractivity contribution >= 4 is 11.6 Å². The summed E-state index contributed by atoms with van der Waals surface area (Å²) in [4.78, 5) is 12.2. The third-order valence-corrected chi connectivity index (χ3v) is 4.03. The first-order valence-corrected chi connectivity index (χ1v) is 8.24. The van der Waals surface area contributed by atoms with E-state index in [9.17, 15) is 4.79 Å². The molecule has 0 saturated heterocycles. The molecule has 4 nitrogen and oxygen atoms in total. The Balaban J connectivity index is 1.81. The Morgan fingerprint density at radius 3 is 2.50 bits per heavy atom. The fraction of sp³-hybridized carbons (Fsp3) is 0.350. The van der Waals surface area contributed by atoms with E-state index in [1.54, 1.807) is 7.11 Å². The molecule has 2 N–H and O–H groups in total. The number of carbonyl (C=O) groups excluding carboxylic acids is 1. The number of ether oxygens (including phenoxy) is 1. The van der Waals surface area contributed by atoms with Crippen LogP contribution in [-0.2, 0) is 11.2 Å². The molecule has 0 aliphatic rings. The van der Waals surface area contributed by atoms with Gasteiger partial charge in [-0.25, -0.2) is 0 Å². The second-order valence-corrected chi connectivity index (χ2v) is 6.07. The van der Waals surface area contributed by atoms with Crippen LogP contribution >= 0.6 is 0 Å². The highest BCUT2D eigenvalue weighted by atomic mass is 16.5. The number of nitrogens with one attached hydrogen (secondary N) is 2. The van der Waals surface area contributed by atoms with Gasteiger partial charge in [0.1, 0.15) is 11.8 Å². The van der Waals surface area contributed by atoms with Crippen LogP contribution in [0.2, 0.25) is 0 Å². The summed E-state index contributed by atoms with van der Waals surface area (Å²) >= 11 is 0. The molecule has 0 saturated carbocycles. The van der Waals surface area contributed by atoms with Gasteiger partial charge in [-0.15, -0.1) is 0 Å². The van der Waals surface area contributed by atoms with Crippen LogP contribution in [-0.4, -0.2) is 25.6 Å². The molecule has 128 valence electrons. The molecule has 4 heteroatoms. The maximum Gasteiger partial charge on any atom is 0.242 e. The zero-order valence-corrected chi connectivity index (χ0v) is 14.8. The molecular formula is C20H26N2O2. The minimum atomic E-state index is -0.277. The van der Waals surface area contributed by atoms with E-state index in [-0.39, 0.29) is 11.9 Å². The van der Waals surface area contributed by atoms with Gasteiger partial charge in [-0.3, -0.25) is 4.79 Å². The molecule has 0 radical (unpaired) electrons.